The fraction of sp³-hybridized carbons (Fsp3) is 0.391. The molecule has 75 heavy (non-hydrogen) atoms. The van der Waals surface area contributed by atoms with Gasteiger partial charge in [-0.3, -0.25) is 4.40 Å². The van der Waals surface area contributed by atoms with Crippen LogP contribution >= 0.6 is 7.69 Å². The van der Waals surface area contributed by atoms with Crippen LogP contribution in [-0.2, 0) is 29.2 Å². The van der Waals surface area contributed by atoms with Gasteiger partial charge in [0.05, 0.1) is 27.7 Å². The molecule has 7 aromatic rings. The van der Waals surface area contributed by atoms with Gasteiger partial charge >= 0.3 is 0 Å². The fourth-order valence-electron chi connectivity index (χ4n) is 14.4. The first-order valence-electron chi connectivity index (χ1n) is 28.3. The van der Waals surface area contributed by atoms with Crippen molar-refractivity contribution in [3.05, 3.63) is 195 Å². The van der Waals surface area contributed by atoms with Gasteiger partial charge in [0.1, 0.15) is 16.6 Å². The molecule has 6 aliphatic rings. The van der Waals surface area contributed by atoms with Crippen LogP contribution in [0.5, 0.6) is 0 Å². The lowest BCUT2D eigenvalue weighted by Crippen LogP contribution is -2.41. The quantitative estimate of drug-likeness (QED) is 0.159. The number of hydrogen-bond acceptors (Lipinski definition) is 3. The molecule has 384 valence electrons. The van der Waals surface area contributed by atoms with Gasteiger partial charge in [0.2, 0.25) is 0 Å². The predicted molar refractivity (Wildman–Crippen MR) is 318 cm³/mol. The molecule has 3 aliphatic carbocycles. The zero-order valence-electron chi connectivity index (χ0n) is 46.6. The Morgan fingerprint density at radius 1 is 0.667 bits per heavy atom. The van der Waals surface area contributed by atoms with Gasteiger partial charge in [-0.25, -0.2) is 0 Å². The van der Waals surface area contributed by atoms with Crippen molar-refractivity contribution < 1.29 is 4.42 Å². The minimum absolute atomic E-state index is 0.0272. The molecule has 3 aliphatic heterocycles. The molecular formula is C69H77N4OP. The maximum Gasteiger partial charge on any atom is 0.165 e. The van der Waals surface area contributed by atoms with Crippen LogP contribution < -0.4 is 15.3 Å². The van der Waals surface area contributed by atoms with Crippen LogP contribution in [0.25, 0.3) is 39.3 Å². The summed E-state index contributed by atoms with van der Waals surface area (Å²) in [7, 11) is -1.18. The zero-order valence-corrected chi connectivity index (χ0v) is 47.5. The number of rotatable bonds is 7. The van der Waals surface area contributed by atoms with E-state index in [-0.39, 0.29) is 33.0 Å². The molecule has 0 amide bonds. The van der Waals surface area contributed by atoms with E-state index in [0.717, 1.165) is 43.4 Å². The van der Waals surface area contributed by atoms with Gasteiger partial charge in [-0.15, -0.1) is 0 Å². The van der Waals surface area contributed by atoms with Crippen molar-refractivity contribution in [2.24, 2.45) is 10.8 Å². The normalized spacial score (nSPS) is 19.3. The third kappa shape index (κ3) is 7.22. The monoisotopic (exact) mass is 1010 g/mol. The van der Waals surface area contributed by atoms with Crippen molar-refractivity contribution in [3.8, 4) is 0 Å². The number of anilines is 2. The Labute approximate surface area is 447 Å². The first kappa shape index (κ1) is 48.5. The molecule has 2 atom stereocenters. The minimum atomic E-state index is -1.18. The Bertz CT molecular complexity index is 3770. The van der Waals surface area contributed by atoms with Gasteiger partial charge in [0, 0.05) is 47.4 Å². The number of hydrogen-bond donors (Lipinski definition) is 0. The molecule has 2 aromatic heterocycles. The second-order valence-electron chi connectivity index (χ2n) is 25.8. The maximum absolute atomic E-state index is 7.72. The summed E-state index contributed by atoms with van der Waals surface area (Å²) in [6, 6.07) is 39.7. The van der Waals surface area contributed by atoms with E-state index in [2.05, 4.69) is 234 Å². The SMILES string of the molecule is Cc1c2cc(C(C)(C)c3ccccc3)c3c4c(n(c5n(p6c7c(cccc7o2)N2C7=C(C=CCC7)N(c7cc(C(C)(C)c8ccccc8)cc(C(C)(C)C8(C)CCCCC8)c7)C26)CC=C(C(C)(C)C)C=5)c13)C=CCC4. The summed E-state index contributed by atoms with van der Waals surface area (Å²) in [6.45, 7) is 27.8. The molecule has 5 nitrogen and oxygen atoms in total. The first-order chi connectivity index (χ1) is 35.9. The van der Waals surface area contributed by atoms with E-state index in [1.54, 1.807) is 0 Å². The Morgan fingerprint density at radius 2 is 1.35 bits per heavy atom. The highest BCUT2D eigenvalue weighted by Gasteiger charge is 2.49. The molecule has 5 aromatic carbocycles. The van der Waals surface area contributed by atoms with Crippen LogP contribution in [0.4, 0.5) is 11.4 Å². The standard InChI is InChI=1S/C69H77N4OP/c1-45-59-44-53(67(7,8)47-28-17-13-18-29-47)61-52-30-19-20-31-54(52)73(62(45)61)60-43-48(65(2,3)4)36-39-70(60)75-63-57(34-25-35-58(63)74-59)72-56-33-22-21-32-55(56)71(64(72)75)51-41-49(66(5,6)46-26-15-12-16-27-46)40-50(42-51)68(9,10)69(11)37-23-14-24-38-69/h12-13,15-18,20-21,25-29,31-32,34-36,40-44,64H,14,19,22-24,30,33,37-39H2,1-11H3. The van der Waals surface area contributed by atoms with E-state index >= 15 is 0 Å². The Balaban J connectivity index is 1.17. The molecule has 1 saturated carbocycles. The minimum Gasteiger partial charge on any atom is -0.456 e. The first-order valence-corrected chi connectivity index (χ1v) is 29.7. The van der Waals surface area contributed by atoms with E-state index in [1.165, 1.54) is 127 Å². The largest absolute Gasteiger partial charge is 0.456 e. The Morgan fingerprint density at radius 3 is 2.07 bits per heavy atom. The number of benzene rings is 5. The van der Waals surface area contributed by atoms with E-state index < -0.39 is 7.69 Å². The summed E-state index contributed by atoms with van der Waals surface area (Å²) < 4.78 is 13.3. The van der Waals surface area contributed by atoms with E-state index in [1.807, 2.05) is 0 Å². The van der Waals surface area contributed by atoms with Gasteiger partial charge in [0.15, 0.2) is 5.91 Å². The van der Waals surface area contributed by atoms with Crippen molar-refractivity contribution in [1.82, 2.24) is 8.73 Å². The molecule has 1 fully saturated rings. The van der Waals surface area contributed by atoms with E-state index in [4.69, 9.17) is 4.42 Å². The van der Waals surface area contributed by atoms with E-state index in [0.29, 0.717) is 0 Å². The average Bonchev–Trinajstić information content (AvgIpc) is 4.11. The molecule has 2 unspecified atom stereocenters. The van der Waals surface area contributed by atoms with E-state index in [9.17, 15) is 0 Å². The van der Waals surface area contributed by atoms with Crippen LogP contribution in [0.2, 0.25) is 0 Å². The van der Waals surface area contributed by atoms with Crippen molar-refractivity contribution in [2.75, 3.05) is 9.80 Å². The second kappa shape index (κ2) is 17.2. The molecule has 0 N–H and O–H groups in total. The summed E-state index contributed by atoms with van der Waals surface area (Å²) in [5, 5.41) is 2.72. The van der Waals surface area contributed by atoms with Crippen molar-refractivity contribution in [2.45, 2.75) is 163 Å². The molecule has 0 spiro atoms. The number of nitrogens with zero attached hydrogens (tertiary/aromatic N) is 4. The summed E-state index contributed by atoms with van der Waals surface area (Å²) in [5.74, 6) is -0.0272. The van der Waals surface area contributed by atoms with Crippen LogP contribution in [-0.4, -0.2) is 8.73 Å². The van der Waals surface area contributed by atoms with Crippen LogP contribution in [0.3, 0.4) is 0 Å². The summed E-state index contributed by atoms with van der Waals surface area (Å²) in [5.41, 5.74) is 21.5. The van der Waals surface area contributed by atoms with Gasteiger partial charge in [0.25, 0.3) is 0 Å². The highest BCUT2D eigenvalue weighted by atomic mass is 31.1. The third-order valence-electron chi connectivity index (χ3n) is 19.6. The van der Waals surface area contributed by atoms with Crippen LogP contribution in [0.1, 0.15) is 171 Å². The Hall–Kier alpha value is -6.16. The lowest BCUT2D eigenvalue weighted by atomic mass is 9.57. The van der Waals surface area contributed by atoms with Crippen molar-refractivity contribution in [3.63, 3.8) is 0 Å². The summed E-state index contributed by atoms with van der Waals surface area (Å²) in [6.07, 6.45) is 25.4. The fourth-order valence-corrected chi connectivity index (χ4v) is 17.5. The van der Waals surface area contributed by atoms with Gasteiger partial charge < -0.3 is 18.5 Å². The predicted octanol–water partition coefficient (Wildman–Crippen LogP) is 18.3. The van der Waals surface area contributed by atoms with Crippen LogP contribution in [0.15, 0.2) is 149 Å². The molecular weight excluding hydrogens is 932 g/mol. The highest BCUT2D eigenvalue weighted by molar-refractivity contribution is 7.53. The molecule has 5 heterocycles. The molecule has 0 radical (unpaired) electrons. The lowest BCUT2D eigenvalue weighted by Gasteiger charge is -2.48. The van der Waals surface area contributed by atoms with Crippen molar-refractivity contribution in [1.29, 1.82) is 0 Å². The maximum atomic E-state index is 7.72. The average molecular weight is 1010 g/mol. The van der Waals surface area contributed by atoms with Gasteiger partial charge in [-0.1, -0.05) is 180 Å². The molecule has 6 heteroatoms. The van der Waals surface area contributed by atoms with Crippen LogP contribution in [0, 0.1) is 17.8 Å². The number of aromatic nitrogens is 2. The number of fused-ring (bicyclic) bond motifs is 11. The van der Waals surface area contributed by atoms with Gasteiger partial charge in [-0.2, -0.15) is 0 Å². The lowest BCUT2D eigenvalue weighted by molar-refractivity contribution is 0.108. The summed E-state index contributed by atoms with van der Waals surface area (Å²) >= 11 is 0. The Kier molecular flexibility index (Phi) is 11.1. The molecule has 2 bridgehead atoms. The molecule has 13 rings (SSSR count). The smallest absolute Gasteiger partial charge is 0.165 e. The molecule has 0 saturated heterocycles. The third-order valence-corrected chi connectivity index (χ3v) is 22.3. The highest BCUT2D eigenvalue weighted by Crippen LogP contribution is 2.66. The van der Waals surface area contributed by atoms with Gasteiger partial charge in [-0.05, 0) is 149 Å². The summed E-state index contributed by atoms with van der Waals surface area (Å²) in [4.78, 5) is 5.62. The second-order valence-corrected chi connectivity index (χ2v) is 27.9. The topological polar surface area (TPSA) is 29.0 Å². The number of aryl methyl sites for hydroxylation is 2. The number of allylic oxidation sites excluding steroid dienone is 6. The zero-order chi connectivity index (χ0) is 52.0. The van der Waals surface area contributed by atoms with Crippen molar-refractivity contribution >= 4 is 58.4 Å².